The minimum atomic E-state index is -3.55. The van der Waals surface area contributed by atoms with Gasteiger partial charge in [0.05, 0.1) is 0 Å². The van der Waals surface area contributed by atoms with E-state index >= 15 is 0 Å². The van der Waals surface area contributed by atoms with Gasteiger partial charge in [0.2, 0.25) is 10.0 Å². The summed E-state index contributed by atoms with van der Waals surface area (Å²) in [5.41, 5.74) is 0.183. The van der Waals surface area contributed by atoms with Crippen LogP contribution in [-0.4, -0.2) is 19.9 Å². The van der Waals surface area contributed by atoms with Crippen LogP contribution in [0.25, 0.3) is 0 Å². The topological polar surface area (TPSA) is 82.9 Å². The summed E-state index contributed by atoms with van der Waals surface area (Å²) in [5.74, 6) is 2.49. The number of hydrogen-bond acceptors (Lipinski definition) is 4. The van der Waals surface area contributed by atoms with Crippen molar-refractivity contribution >= 4 is 10.0 Å². The van der Waals surface area contributed by atoms with Crippen LogP contribution in [0.2, 0.25) is 0 Å². The SMILES string of the molecule is C#CCCCCNS(=O)(=O)c1ccc(C#N)nc1. The minimum absolute atomic E-state index is 0.0541. The number of nitrogens with one attached hydrogen (secondary N) is 1. The molecule has 0 aliphatic rings. The molecule has 0 atom stereocenters. The highest BCUT2D eigenvalue weighted by atomic mass is 32.2. The van der Waals surface area contributed by atoms with Crippen LogP contribution in [0, 0.1) is 23.7 Å². The predicted molar refractivity (Wildman–Crippen MR) is 66.8 cm³/mol. The highest BCUT2D eigenvalue weighted by Crippen LogP contribution is 2.07. The van der Waals surface area contributed by atoms with E-state index in [1.54, 1.807) is 0 Å². The fourth-order valence-electron chi connectivity index (χ4n) is 1.25. The molecule has 0 radical (unpaired) electrons. The van der Waals surface area contributed by atoms with Crippen molar-refractivity contribution in [3.63, 3.8) is 0 Å². The van der Waals surface area contributed by atoms with E-state index < -0.39 is 10.0 Å². The lowest BCUT2D eigenvalue weighted by molar-refractivity contribution is 0.577. The molecule has 94 valence electrons. The van der Waals surface area contributed by atoms with Crippen molar-refractivity contribution in [1.29, 1.82) is 5.26 Å². The Labute approximate surface area is 107 Å². The fraction of sp³-hybridized carbons (Fsp3) is 0.333. The van der Waals surface area contributed by atoms with Crippen LogP contribution in [0.1, 0.15) is 25.0 Å². The maximum absolute atomic E-state index is 11.8. The maximum Gasteiger partial charge on any atom is 0.242 e. The second kappa shape index (κ2) is 6.75. The smallest absolute Gasteiger partial charge is 0.242 e. The van der Waals surface area contributed by atoms with E-state index in [1.165, 1.54) is 18.3 Å². The molecule has 0 saturated carbocycles. The molecular weight excluding hydrogens is 250 g/mol. The number of rotatable bonds is 6. The van der Waals surface area contributed by atoms with Crippen molar-refractivity contribution in [3.8, 4) is 18.4 Å². The first-order chi connectivity index (χ1) is 8.60. The van der Waals surface area contributed by atoms with Gasteiger partial charge in [-0.2, -0.15) is 5.26 Å². The first-order valence-electron chi connectivity index (χ1n) is 5.39. The molecule has 0 bridgehead atoms. The minimum Gasteiger partial charge on any atom is -0.244 e. The third-order valence-electron chi connectivity index (χ3n) is 2.20. The molecule has 6 heteroatoms. The molecule has 18 heavy (non-hydrogen) atoms. The van der Waals surface area contributed by atoms with Crippen LogP contribution in [0.3, 0.4) is 0 Å². The lowest BCUT2D eigenvalue weighted by Gasteiger charge is -2.05. The van der Waals surface area contributed by atoms with Crippen LogP contribution in [0.5, 0.6) is 0 Å². The fourth-order valence-corrected chi connectivity index (χ4v) is 2.27. The van der Waals surface area contributed by atoms with Crippen molar-refractivity contribution in [1.82, 2.24) is 9.71 Å². The molecular formula is C12H13N3O2S. The Balaban J connectivity index is 2.58. The van der Waals surface area contributed by atoms with Crippen molar-refractivity contribution in [2.45, 2.75) is 24.2 Å². The zero-order valence-electron chi connectivity index (χ0n) is 9.76. The first kappa shape index (κ1) is 14.2. The zero-order chi connectivity index (χ0) is 13.4. The number of aromatic nitrogens is 1. The zero-order valence-corrected chi connectivity index (χ0v) is 10.6. The molecule has 1 rings (SSSR count). The summed E-state index contributed by atoms with van der Waals surface area (Å²) >= 11 is 0. The second-order valence-electron chi connectivity index (χ2n) is 3.55. The summed E-state index contributed by atoms with van der Waals surface area (Å²) in [6.07, 6.45) is 8.37. The molecule has 1 heterocycles. The first-order valence-corrected chi connectivity index (χ1v) is 6.88. The van der Waals surface area contributed by atoms with Gasteiger partial charge in [0.1, 0.15) is 16.7 Å². The van der Waals surface area contributed by atoms with E-state index in [-0.39, 0.29) is 10.6 Å². The monoisotopic (exact) mass is 263 g/mol. The van der Waals surface area contributed by atoms with E-state index in [4.69, 9.17) is 11.7 Å². The second-order valence-corrected chi connectivity index (χ2v) is 5.32. The molecule has 0 saturated heterocycles. The van der Waals surface area contributed by atoms with Crippen molar-refractivity contribution in [3.05, 3.63) is 24.0 Å². The van der Waals surface area contributed by atoms with Gasteiger partial charge in [0.15, 0.2) is 0 Å². The summed E-state index contributed by atoms with van der Waals surface area (Å²) < 4.78 is 26.0. The average molecular weight is 263 g/mol. The molecule has 0 aliphatic carbocycles. The third kappa shape index (κ3) is 4.17. The average Bonchev–Trinajstić information content (AvgIpc) is 2.38. The summed E-state index contributed by atoms with van der Waals surface area (Å²) in [4.78, 5) is 3.77. The van der Waals surface area contributed by atoms with Gasteiger partial charge in [-0.3, -0.25) is 0 Å². The highest BCUT2D eigenvalue weighted by Gasteiger charge is 2.13. The number of unbranched alkanes of at least 4 members (excludes halogenated alkanes) is 2. The van der Waals surface area contributed by atoms with Gasteiger partial charge in [-0.05, 0) is 25.0 Å². The molecule has 5 nitrogen and oxygen atoms in total. The van der Waals surface area contributed by atoms with Crippen molar-refractivity contribution in [2.24, 2.45) is 0 Å². The van der Waals surface area contributed by atoms with E-state index in [9.17, 15) is 8.42 Å². The Kier molecular flexibility index (Phi) is 5.31. The standard InChI is InChI=1S/C12H13N3O2S/c1-2-3-4-5-8-15-18(16,17)12-7-6-11(9-13)14-10-12/h1,6-7,10,15H,3-5,8H2. The Hall–Kier alpha value is -1.89. The van der Waals surface area contributed by atoms with Crippen LogP contribution in [-0.2, 0) is 10.0 Å². The summed E-state index contributed by atoms with van der Waals surface area (Å²) in [5, 5.41) is 8.56. The van der Waals surface area contributed by atoms with Gasteiger partial charge in [0.25, 0.3) is 0 Å². The normalized spacial score (nSPS) is 10.6. The molecule has 0 aromatic carbocycles. The maximum atomic E-state index is 11.8. The third-order valence-corrected chi connectivity index (χ3v) is 3.65. The summed E-state index contributed by atoms with van der Waals surface area (Å²) in [7, 11) is -3.55. The van der Waals surface area contributed by atoms with Crippen LogP contribution in [0.4, 0.5) is 0 Å². The lowest BCUT2D eigenvalue weighted by atomic mass is 10.2. The van der Waals surface area contributed by atoms with E-state index in [1.807, 2.05) is 6.07 Å². The Bertz CT molecular complexity index is 565. The van der Waals surface area contributed by atoms with Crippen molar-refractivity contribution < 1.29 is 8.42 Å². The van der Waals surface area contributed by atoms with E-state index in [2.05, 4.69) is 15.6 Å². The Morgan fingerprint density at radius 3 is 2.72 bits per heavy atom. The molecule has 0 aliphatic heterocycles. The van der Waals surface area contributed by atoms with Gasteiger partial charge < -0.3 is 0 Å². The van der Waals surface area contributed by atoms with Gasteiger partial charge in [-0.15, -0.1) is 12.3 Å². The Morgan fingerprint density at radius 1 is 1.39 bits per heavy atom. The number of nitriles is 1. The number of hydrogen-bond donors (Lipinski definition) is 1. The summed E-state index contributed by atoms with van der Waals surface area (Å²) in [6, 6.07) is 4.55. The van der Waals surface area contributed by atoms with Gasteiger partial charge >= 0.3 is 0 Å². The van der Waals surface area contributed by atoms with Crippen LogP contribution >= 0.6 is 0 Å². The number of sulfonamides is 1. The summed E-state index contributed by atoms with van der Waals surface area (Å²) in [6.45, 7) is 0.337. The lowest BCUT2D eigenvalue weighted by Crippen LogP contribution is -2.24. The van der Waals surface area contributed by atoms with Gasteiger partial charge in [-0.25, -0.2) is 18.1 Å². The van der Waals surface area contributed by atoms with Crippen LogP contribution < -0.4 is 4.72 Å². The van der Waals surface area contributed by atoms with Gasteiger partial charge in [-0.1, -0.05) is 0 Å². The highest BCUT2D eigenvalue weighted by molar-refractivity contribution is 7.89. The molecule has 0 unspecified atom stereocenters. The Morgan fingerprint density at radius 2 is 2.17 bits per heavy atom. The number of terminal acetylenes is 1. The molecule has 1 aromatic heterocycles. The molecule has 0 amide bonds. The predicted octanol–water partition coefficient (Wildman–Crippen LogP) is 1.04. The van der Waals surface area contributed by atoms with E-state index in [0.29, 0.717) is 19.4 Å². The molecule has 1 aromatic rings. The quantitative estimate of drug-likeness (QED) is 0.614. The van der Waals surface area contributed by atoms with E-state index in [0.717, 1.165) is 6.42 Å². The number of pyridine rings is 1. The molecule has 1 N–H and O–H groups in total. The molecule has 0 spiro atoms. The largest absolute Gasteiger partial charge is 0.244 e. The van der Waals surface area contributed by atoms with Crippen molar-refractivity contribution in [2.75, 3.05) is 6.54 Å². The number of nitrogens with zero attached hydrogens (tertiary/aromatic N) is 2. The van der Waals surface area contributed by atoms with Crippen LogP contribution in [0.15, 0.2) is 23.2 Å². The van der Waals surface area contributed by atoms with Gasteiger partial charge in [0, 0.05) is 19.2 Å². The molecule has 0 fully saturated rings.